The lowest BCUT2D eigenvalue weighted by atomic mass is 10.4. The first-order valence-corrected chi connectivity index (χ1v) is 3.16. The second-order valence-electron chi connectivity index (χ2n) is 2.06. The number of rotatable bonds is 2. The van der Waals surface area contributed by atoms with Crippen LogP contribution in [-0.4, -0.2) is 33.6 Å². The maximum atomic E-state index is 10.8. The maximum absolute atomic E-state index is 10.8. The summed E-state index contributed by atoms with van der Waals surface area (Å²) in [4.78, 5) is 21.0. The number of nitrogens with zero attached hydrogens (tertiary/aromatic N) is 2. The number of nitrogens with two attached hydrogens (primary N) is 1. The molecule has 12 heavy (non-hydrogen) atoms. The zero-order valence-corrected chi connectivity index (χ0v) is 6.10. The summed E-state index contributed by atoms with van der Waals surface area (Å²) in [5.74, 6) is -0.815. The molecular weight excluding hydrogens is 162 g/mol. The van der Waals surface area contributed by atoms with Gasteiger partial charge in [0.1, 0.15) is 0 Å². The molecule has 1 aromatic heterocycles. The van der Waals surface area contributed by atoms with Crippen LogP contribution in [0.4, 0.5) is 0 Å². The molecule has 1 aromatic rings. The van der Waals surface area contributed by atoms with Crippen LogP contribution in [0.15, 0.2) is 6.20 Å². The number of aldehydes is 1. The molecule has 0 unspecified atom stereocenters. The SMILES string of the molecule is NCC(=O)n1cc(O)c(C=O)n1. The Labute approximate surface area is 67.6 Å². The van der Waals surface area contributed by atoms with Crippen molar-refractivity contribution >= 4 is 12.2 Å². The minimum absolute atomic E-state index is 0.170. The van der Waals surface area contributed by atoms with Gasteiger partial charge in [-0.05, 0) is 0 Å². The molecular formula is C6H7N3O3. The first kappa shape index (κ1) is 8.41. The summed E-state index contributed by atoms with van der Waals surface area (Å²) < 4.78 is 0.832. The van der Waals surface area contributed by atoms with E-state index in [9.17, 15) is 9.59 Å². The summed E-state index contributed by atoms with van der Waals surface area (Å²) in [5.41, 5.74) is 4.85. The first-order valence-electron chi connectivity index (χ1n) is 3.16. The van der Waals surface area contributed by atoms with Crippen molar-refractivity contribution in [2.75, 3.05) is 6.54 Å². The number of aromatic hydroxyl groups is 1. The fourth-order valence-corrected chi connectivity index (χ4v) is 0.683. The van der Waals surface area contributed by atoms with Gasteiger partial charge in [-0.1, -0.05) is 0 Å². The van der Waals surface area contributed by atoms with Crippen LogP contribution in [0, 0.1) is 0 Å². The number of carbonyl (C=O) groups excluding carboxylic acids is 2. The predicted octanol–water partition coefficient (Wildman–Crippen LogP) is -1.000. The Hall–Kier alpha value is -1.69. The Balaban J connectivity index is 3.04. The van der Waals surface area contributed by atoms with Crippen LogP contribution in [0.2, 0.25) is 0 Å². The fraction of sp³-hybridized carbons (Fsp3) is 0.167. The Kier molecular flexibility index (Phi) is 2.20. The van der Waals surface area contributed by atoms with Gasteiger partial charge in [-0.25, -0.2) is 4.68 Å². The van der Waals surface area contributed by atoms with Crippen molar-refractivity contribution in [1.29, 1.82) is 0 Å². The monoisotopic (exact) mass is 169 g/mol. The van der Waals surface area contributed by atoms with E-state index in [2.05, 4.69) is 5.10 Å². The van der Waals surface area contributed by atoms with E-state index in [0.717, 1.165) is 10.9 Å². The van der Waals surface area contributed by atoms with Gasteiger partial charge < -0.3 is 10.8 Å². The molecule has 0 aliphatic carbocycles. The Morgan fingerprint density at radius 2 is 2.50 bits per heavy atom. The van der Waals surface area contributed by atoms with Gasteiger partial charge in [-0.15, -0.1) is 0 Å². The lowest BCUT2D eigenvalue weighted by Crippen LogP contribution is -2.21. The molecule has 6 nitrogen and oxygen atoms in total. The van der Waals surface area contributed by atoms with Crippen molar-refractivity contribution < 1.29 is 14.7 Å². The van der Waals surface area contributed by atoms with Crippen LogP contribution in [0.25, 0.3) is 0 Å². The van der Waals surface area contributed by atoms with Crippen molar-refractivity contribution in [3.8, 4) is 5.75 Å². The van der Waals surface area contributed by atoms with Crippen molar-refractivity contribution in [1.82, 2.24) is 9.78 Å². The molecule has 0 aromatic carbocycles. The molecule has 0 atom stereocenters. The first-order chi connectivity index (χ1) is 5.69. The summed E-state index contributed by atoms with van der Waals surface area (Å²) in [6, 6.07) is 0. The van der Waals surface area contributed by atoms with Crippen molar-refractivity contribution in [2.45, 2.75) is 0 Å². The highest BCUT2D eigenvalue weighted by Crippen LogP contribution is 2.10. The van der Waals surface area contributed by atoms with Crippen LogP contribution in [0.5, 0.6) is 5.75 Å². The topological polar surface area (TPSA) is 98.2 Å². The van der Waals surface area contributed by atoms with E-state index < -0.39 is 5.91 Å². The molecule has 0 spiro atoms. The quantitative estimate of drug-likeness (QED) is 0.553. The molecule has 0 aliphatic heterocycles. The molecule has 6 heteroatoms. The molecule has 0 saturated heterocycles. The van der Waals surface area contributed by atoms with Crippen LogP contribution in [0.1, 0.15) is 15.3 Å². The highest BCUT2D eigenvalue weighted by molar-refractivity contribution is 5.82. The second-order valence-corrected chi connectivity index (χ2v) is 2.06. The van der Waals surface area contributed by atoms with Crippen LogP contribution < -0.4 is 5.73 Å². The number of aromatic nitrogens is 2. The van der Waals surface area contributed by atoms with E-state index in [1.165, 1.54) is 0 Å². The van der Waals surface area contributed by atoms with Crippen LogP contribution in [0.3, 0.4) is 0 Å². The van der Waals surface area contributed by atoms with E-state index in [1.807, 2.05) is 0 Å². The molecule has 1 heterocycles. The smallest absolute Gasteiger partial charge is 0.260 e. The Bertz CT molecular complexity index is 318. The highest BCUT2D eigenvalue weighted by atomic mass is 16.3. The van der Waals surface area contributed by atoms with E-state index in [1.54, 1.807) is 0 Å². The highest BCUT2D eigenvalue weighted by Gasteiger charge is 2.09. The van der Waals surface area contributed by atoms with Crippen molar-refractivity contribution in [2.24, 2.45) is 5.73 Å². The second kappa shape index (κ2) is 3.14. The van der Waals surface area contributed by atoms with Gasteiger partial charge in [-0.3, -0.25) is 9.59 Å². The lowest BCUT2D eigenvalue weighted by Gasteiger charge is -1.92. The largest absolute Gasteiger partial charge is 0.504 e. The summed E-state index contributed by atoms with van der Waals surface area (Å²) >= 11 is 0. The number of carbonyl (C=O) groups is 2. The Morgan fingerprint density at radius 1 is 1.83 bits per heavy atom. The standard InChI is InChI=1S/C6H7N3O3/c7-1-6(12)9-2-5(11)4(3-10)8-9/h2-3,11H,1,7H2. The van der Waals surface area contributed by atoms with Gasteiger partial charge in [0.2, 0.25) is 0 Å². The van der Waals surface area contributed by atoms with Gasteiger partial charge in [0, 0.05) is 0 Å². The normalized spacial score (nSPS) is 9.75. The summed E-state index contributed by atoms with van der Waals surface area (Å²) in [5, 5.41) is 12.4. The van der Waals surface area contributed by atoms with Crippen LogP contribution >= 0.6 is 0 Å². The van der Waals surface area contributed by atoms with E-state index in [0.29, 0.717) is 6.29 Å². The minimum atomic E-state index is -0.488. The average Bonchev–Trinajstić information content (AvgIpc) is 2.45. The van der Waals surface area contributed by atoms with Crippen LogP contribution in [-0.2, 0) is 0 Å². The molecule has 0 saturated carbocycles. The van der Waals surface area contributed by atoms with Gasteiger partial charge in [0.25, 0.3) is 5.91 Å². The van der Waals surface area contributed by atoms with Gasteiger partial charge in [0.05, 0.1) is 12.7 Å². The molecule has 0 amide bonds. The van der Waals surface area contributed by atoms with Gasteiger partial charge in [0.15, 0.2) is 17.7 Å². The van der Waals surface area contributed by atoms with Gasteiger partial charge in [-0.2, -0.15) is 5.10 Å². The third kappa shape index (κ3) is 1.32. The molecule has 64 valence electrons. The minimum Gasteiger partial charge on any atom is -0.504 e. The Morgan fingerprint density at radius 3 is 2.92 bits per heavy atom. The lowest BCUT2D eigenvalue weighted by molar-refractivity contribution is 0.0907. The zero-order chi connectivity index (χ0) is 9.14. The molecule has 3 N–H and O–H groups in total. The third-order valence-corrected chi connectivity index (χ3v) is 1.26. The molecule has 0 bridgehead atoms. The summed E-state index contributed by atoms with van der Waals surface area (Å²) in [7, 11) is 0. The number of hydrogen-bond acceptors (Lipinski definition) is 5. The zero-order valence-electron chi connectivity index (χ0n) is 6.10. The molecule has 0 radical (unpaired) electrons. The van der Waals surface area contributed by atoms with Crippen molar-refractivity contribution in [3.63, 3.8) is 0 Å². The van der Waals surface area contributed by atoms with E-state index in [-0.39, 0.29) is 18.0 Å². The maximum Gasteiger partial charge on any atom is 0.260 e. The van der Waals surface area contributed by atoms with E-state index in [4.69, 9.17) is 10.8 Å². The van der Waals surface area contributed by atoms with Crippen molar-refractivity contribution in [3.05, 3.63) is 11.9 Å². The fourth-order valence-electron chi connectivity index (χ4n) is 0.683. The summed E-state index contributed by atoms with van der Waals surface area (Å²) in [6.45, 7) is -0.223. The molecule has 0 fully saturated rings. The third-order valence-electron chi connectivity index (χ3n) is 1.26. The van der Waals surface area contributed by atoms with Gasteiger partial charge >= 0.3 is 0 Å². The molecule has 1 rings (SSSR count). The predicted molar refractivity (Wildman–Crippen MR) is 39.0 cm³/mol. The van der Waals surface area contributed by atoms with E-state index >= 15 is 0 Å². The number of hydrogen-bond donors (Lipinski definition) is 2. The molecule has 0 aliphatic rings. The average molecular weight is 169 g/mol. The summed E-state index contributed by atoms with van der Waals surface area (Å²) in [6.07, 6.45) is 1.40.